The van der Waals surface area contributed by atoms with Crippen molar-refractivity contribution in [2.24, 2.45) is 0 Å². The summed E-state index contributed by atoms with van der Waals surface area (Å²) in [7, 11) is 0. The van der Waals surface area contributed by atoms with E-state index < -0.39 is 0 Å². The van der Waals surface area contributed by atoms with Crippen molar-refractivity contribution in [3.8, 4) is 6.07 Å². The monoisotopic (exact) mass is 230 g/mol. The molecule has 1 saturated carbocycles. The molecule has 0 bridgehead atoms. The molecule has 1 aromatic rings. The van der Waals surface area contributed by atoms with Gasteiger partial charge >= 0.3 is 0 Å². The normalized spacial score (nSPS) is 16.5. The number of aliphatic hydroxyl groups excluding tert-OH is 1. The van der Waals surface area contributed by atoms with Crippen LogP contribution in [0.4, 0.5) is 0 Å². The molecule has 0 aliphatic heterocycles. The summed E-state index contributed by atoms with van der Waals surface area (Å²) in [4.78, 5) is 0. The fourth-order valence-corrected chi connectivity index (χ4v) is 1.97. The van der Waals surface area contributed by atoms with Crippen LogP contribution in [0, 0.1) is 11.3 Å². The number of hydrogen-bond donors (Lipinski definition) is 2. The average molecular weight is 230 g/mol. The SMILES string of the molecule is N#CC(NCCCO)c1cccc(C2CC2)c1. The highest BCUT2D eigenvalue weighted by molar-refractivity contribution is 5.33. The Bertz CT molecular complexity index is 407. The molecule has 0 amide bonds. The van der Waals surface area contributed by atoms with Crippen LogP contribution in [0.25, 0.3) is 0 Å². The Morgan fingerprint density at radius 3 is 2.94 bits per heavy atom. The lowest BCUT2D eigenvalue weighted by atomic mass is 10.0. The van der Waals surface area contributed by atoms with E-state index in [-0.39, 0.29) is 12.6 Å². The second-order valence-corrected chi connectivity index (χ2v) is 4.54. The third kappa shape index (κ3) is 3.29. The third-order valence-corrected chi connectivity index (χ3v) is 3.11. The van der Waals surface area contributed by atoms with Crippen molar-refractivity contribution in [2.75, 3.05) is 13.2 Å². The molecule has 2 rings (SSSR count). The van der Waals surface area contributed by atoms with Gasteiger partial charge in [0.15, 0.2) is 0 Å². The van der Waals surface area contributed by atoms with Crippen LogP contribution in [0.1, 0.15) is 42.3 Å². The molecule has 0 saturated heterocycles. The lowest BCUT2D eigenvalue weighted by Gasteiger charge is -2.12. The molecule has 2 N–H and O–H groups in total. The number of nitriles is 1. The van der Waals surface area contributed by atoms with Crippen molar-refractivity contribution in [3.63, 3.8) is 0 Å². The first-order chi connectivity index (χ1) is 8.35. The van der Waals surface area contributed by atoms with E-state index in [9.17, 15) is 0 Å². The lowest BCUT2D eigenvalue weighted by Crippen LogP contribution is -2.21. The van der Waals surface area contributed by atoms with Crippen LogP contribution in [0.3, 0.4) is 0 Å². The summed E-state index contributed by atoms with van der Waals surface area (Å²) in [5, 5.41) is 21.0. The van der Waals surface area contributed by atoms with Crippen molar-refractivity contribution >= 4 is 0 Å². The zero-order chi connectivity index (χ0) is 12.1. The maximum Gasteiger partial charge on any atom is 0.121 e. The number of hydrogen-bond acceptors (Lipinski definition) is 3. The van der Waals surface area contributed by atoms with E-state index in [1.807, 2.05) is 12.1 Å². The van der Waals surface area contributed by atoms with E-state index in [0.29, 0.717) is 18.9 Å². The van der Waals surface area contributed by atoms with Gasteiger partial charge in [-0.25, -0.2) is 0 Å². The average Bonchev–Trinajstić information content (AvgIpc) is 3.19. The molecule has 3 heteroatoms. The Labute approximate surface area is 102 Å². The van der Waals surface area contributed by atoms with Gasteiger partial charge in [0.2, 0.25) is 0 Å². The number of benzene rings is 1. The predicted molar refractivity (Wildman–Crippen MR) is 66.5 cm³/mol. The standard InChI is InChI=1S/C14H18N2O/c15-10-14(16-7-2-8-17)13-4-1-3-12(9-13)11-5-6-11/h1,3-4,9,11,14,16-17H,2,5-8H2. The van der Waals surface area contributed by atoms with E-state index in [1.165, 1.54) is 18.4 Å². The Kier molecular flexibility index (Phi) is 4.13. The maximum absolute atomic E-state index is 9.15. The quantitative estimate of drug-likeness (QED) is 0.736. The molecule has 1 unspecified atom stereocenters. The number of nitrogens with zero attached hydrogens (tertiary/aromatic N) is 1. The van der Waals surface area contributed by atoms with Crippen molar-refractivity contribution in [1.82, 2.24) is 5.32 Å². The van der Waals surface area contributed by atoms with E-state index in [4.69, 9.17) is 10.4 Å². The van der Waals surface area contributed by atoms with Gasteiger partial charge in [0, 0.05) is 6.61 Å². The molecule has 1 aliphatic rings. The highest BCUT2D eigenvalue weighted by Gasteiger charge is 2.24. The molecule has 0 heterocycles. The van der Waals surface area contributed by atoms with Crippen molar-refractivity contribution in [3.05, 3.63) is 35.4 Å². The molecule has 1 fully saturated rings. The van der Waals surface area contributed by atoms with Gasteiger partial charge in [-0.1, -0.05) is 24.3 Å². The minimum Gasteiger partial charge on any atom is -0.396 e. The van der Waals surface area contributed by atoms with Crippen LogP contribution in [0.5, 0.6) is 0 Å². The van der Waals surface area contributed by atoms with E-state index in [1.54, 1.807) is 0 Å². The Balaban J connectivity index is 2.02. The summed E-state index contributed by atoms with van der Waals surface area (Å²) < 4.78 is 0. The van der Waals surface area contributed by atoms with Gasteiger partial charge in [-0.05, 0) is 42.9 Å². The highest BCUT2D eigenvalue weighted by atomic mass is 16.3. The molecule has 1 aliphatic carbocycles. The van der Waals surface area contributed by atoms with Gasteiger partial charge in [0.1, 0.15) is 6.04 Å². The number of rotatable bonds is 6. The first-order valence-corrected chi connectivity index (χ1v) is 6.19. The van der Waals surface area contributed by atoms with Crippen LogP contribution >= 0.6 is 0 Å². The third-order valence-electron chi connectivity index (χ3n) is 3.11. The van der Waals surface area contributed by atoms with E-state index >= 15 is 0 Å². The van der Waals surface area contributed by atoms with Crippen LogP contribution in [-0.2, 0) is 0 Å². The van der Waals surface area contributed by atoms with E-state index in [0.717, 1.165) is 5.56 Å². The Hall–Kier alpha value is -1.37. The fraction of sp³-hybridized carbons (Fsp3) is 0.500. The van der Waals surface area contributed by atoms with Gasteiger partial charge < -0.3 is 5.11 Å². The predicted octanol–water partition coefficient (Wildman–Crippen LogP) is 2.10. The minimum atomic E-state index is -0.264. The fourth-order valence-electron chi connectivity index (χ4n) is 1.97. The van der Waals surface area contributed by atoms with Gasteiger partial charge in [0.05, 0.1) is 6.07 Å². The molecular weight excluding hydrogens is 212 g/mol. The topological polar surface area (TPSA) is 56.0 Å². The first-order valence-electron chi connectivity index (χ1n) is 6.19. The summed E-state index contributed by atoms with van der Waals surface area (Å²) in [5.74, 6) is 0.715. The number of nitrogens with one attached hydrogen (secondary N) is 1. The van der Waals surface area contributed by atoms with Gasteiger partial charge in [-0.2, -0.15) is 5.26 Å². The second kappa shape index (κ2) is 5.81. The summed E-state index contributed by atoms with van der Waals surface area (Å²) in [6, 6.07) is 10.3. The smallest absolute Gasteiger partial charge is 0.121 e. The summed E-state index contributed by atoms with van der Waals surface area (Å²) >= 11 is 0. The van der Waals surface area contributed by atoms with Crippen LogP contribution < -0.4 is 5.32 Å². The minimum absolute atomic E-state index is 0.160. The van der Waals surface area contributed by atoms with E-state index in [2.05, 4.69) is 23.5 Å². The summed E-state index contributed by atoms with van der Waals surface area (Å²) in [5.41, 5.74) is 2.39. The van der Waals surface area contributed by atoms with Crippen molar-refractivity contribution in [1.29, 1.82) is 5.26 Å². The van der Waals surface area contributed by atoms with Crippen LogP contribution in [0.2, 0.25) is 0 Å². The largest absolute Gasteiger partial charge is 0.396 e. The number of aliphatic hydroxyl groups is 1. The first kappa shape index (κ1) is 12.1. The molecule has 0 aromatic heterocycles. The maximum atomic E-state index is 9.15. The van der Waals surface area contributed by atoms with Crippen molar-refractivity contribution in [2.45, 2.75) is 31.2 Å². The summed E-state index contributed by atoms with van der Waals surface area (Å²) in [6.07, 6.45) is 3.23. The van der Waals surface area contributed by atoms with Crippen LogP contribution in [0.15, 0.2) is 24.3 Å². The zero-order valence-electron chi connectivity index (χ0n) is 9.89. The molecule has 0 spiro atoms. The Morgan fingerprint density at radius 1 is 1.47 bits per heavy atom. The van der Waals surface area contributed by atoms with Gasteiger partial charge in [-0.15, -0.1) is 0 Å². The molecule has 17 heavy (non-hydrogen) atoms. The second-order valence-electron chi connectivity index (χ2n) is 4.54. The van der Waals surface area contributed by atoms with Gasteiger partial charge in [0.25, 0.3) is 0 Å². The summed E-state index contributed by atoms with van der Waals surface area (Å²) in [6.45, 7) is 0.829. The lowest BCUT2D eigenvalue weighted by molar-refractivity contribution is 0.285. The zero-order valence-corrected chi connectivity index (χ0v) is 9.89. The van der Waals surface area contributed by atoms with Gasteiger partial charge in [-0.3, -0.25) is 5.32 Å². The Morgan fingerprint density at radius 2 is 2.29 bits per heavy atom. The molecular formula is C14H18N2O. The van der Waals surface area contributed by atoms with Crippen molar-refractivity contribution < 1.29 is 5.11 Å². The molecule has 90 valence electrons. The molecule has 1 aromatic carbocycles. The molecule has 0 radical (unpaired) electrons. The molecule has 3 nitrogen and oxygen atoms in total. The van der Waals surface area contributed by atoms with Crippen LogP contribution in [-0.4, -0.2) is 18.3 Å². The highest BCUT2D eigenvalue weighted by Crippen LogP contribution is 2.40. The molecule has 1 atom stereocenters.